The number of sulfonamides is 1. The van der Waals surface area contributed by atoms with E-state index in [0.29, 0.717) is 38.3 Å². The number of H-pyrrole nitrogens is 1. The lowest BCUT2D eigenvalue weighted by Crippen LogP contribution is -2.26. The Hall–Kier alpha value is -2.84. The Morgan fingerprint density at radius 3 is 2.66 bits per heavy atom. The molecule has 0 aliphatic carbocycles. The number of aryl methyl sites for hydroxylation is 1. The number of aromatic nitrogens is 1. The lowest BCUT2D eigenvalue weighted by Gasteiger charge is -2.15. The van der Waals surface area contributed by atoms with Crippen molar-refractivity contribution in [3.8, 4) is 5.75 Å². The van der Waals surface area contributed by atoms with Gasteiger partial charge >= 0.3 is 0 Å². The van der Waals surface area contributed by atoms with Crippen molar-refractivity contribution in [2.75, 3.05) is 26.2 Å². The molecule has 0 atom stereocenters. The molecule has 1 amide bonds. The minimum Gasteiger partial charge on any atom is -0.494 e. The number of carbonyl (C=O) groups is 1. The summed E-state index contributed by atoms with van der Waals surface area (Å²) in [4.78, 5) is 16.9. The number of aromatic amines is 1. The lowest BCUT2D eigenvalue weighted by atomic mass is 10.1. The van der Waals surface area contributed by atoms with Crippen molar-refractivity contribution < 1.29 is 17.9 Å². The zero-order valence-electron chi connectivity index (χ0n) is 18.0. The van der Waals surface area contributed by atoms with Crippen LogP contribution in [0.25, 0.3) is 10.9 Å². The van der Waals surface area contributed by atoms with Gasteiger partial charge in [-0.05, 0) is 61.6 Å². The van der Waals surface area contributed by atoms with Gasteiger partial charge in [-0.3, -0.25) is 4.79 Å². The second-order valence-corrected chi connectivity index (χ2v) is 9.79. The third kappa shape index (κ3) is 5.49. The molecular formula is C24H29N3O4S. The van der Waals surface area contributed by atoms with Gasteiger partial charge in [-0.25, -0.2) is 13.1 Å². The van der Waals surface area contributed by atoms with Gasteiger partial charge in [0.2, 0.25) is 15.9 Å². The molecule has 2 N–H and O–H groups in total. The van der Waals surface area contributed by atoms with Gasteiger partial charge in [-0.1, -0.05) is 18.2 Å². The highest BCUT2D eigenvalue weighted by molar-refractivity contribution is 7.89. The zero-order chi connectivity index (χ0) is 22.4. The third-order valence-corrected chi connectivity index (χ3v) is 7.21. The topological polar surface area (TPSA) is 91.5 Å². The fourth-order valence-electron chi connectivity index (χ4n) is 4.01. The van der Waals surface area contributed by atoms with Gasteiger partial charge in [0.05, 0.1) is 11.5 Å². The second kappa shape index (κ2) is 10.2. The summed E-state index contributed by atoms with van der Waals surface area (Å²) in [7, 11) is -3.56. The van der Waals surface area contributed by atoms with Crippen molar-refractivity contribution >= 4 is 26.8 Å². The van der Waals surface area contributed by atoms with Crippen LogP contribution in [0, 0.1) is 0 Å². The molecule has 0 unspecified atom stereocenters. The van der Waals surface area contributed by atoms with E-state index in [4.69, 9.17) is 4.74 Å². The number of rotatable bonds is 11. The summed E-state index contributed by atoms with van der Waals surface area (Å²) < 4.78 is 33.5. The van der Waals surface area contributed by atoms with Gasteiger partial charge < -0.3 is 14.6 Å². The summed E-state index contributed by atoms with van der Waals surface area (Å²) in [5.74, 6) is 0.838. The molecule has 2 aromatic carbocycles. The van der Waals surface area contributed by atoms with Crippen LogP contribution in [0.1, 0.15) is 31.2 Å². The Morgan fingerprint density at radius 1 is 1.06 bits per heavy atom. The number of nitrogens with one attached hydrogen (secondary N) is 2. The number of hydrogen-bond donors (Lipinski definition) is 2. The first-order chi connectivity index (χ1) is 15.5. The first-order valence-corrected chi connectivity index (χ1v) is 12.6. The number of amides is 1. The molecule has 0 spiro atoms. The van der Waals surface area contributed by atoms with Crippen molar-refractivity contribution in [1.29, 1.82) is 0 Å². The quantitative estimate of drug-likeness (QED) is 0.433. The van der Waals surface area contributed by atoms with Crippen LogP contribution in [0.4, 0.5) is 0 Å². The Labute approximate surface area is 188 Å². The van der Waals surface area contributed by atoms with E-state index in [2.05, 4.69) is 15.8 Å². The molecule has 1 aliphatic heterocycles. The zero-order valence-corrected chi connectivity index (χ0v) is 18.9. The molecule has 1 aromatic heterocycles. The van der Waals surface area contributed by atoms with E-state index in [1.807, 2.05) is 29.3 Å². The lowest BCUT2D eigenvalue weighted by molar-refractivity contribution is -0.127. The molecule has 0 saturated carbocycles. The highest BCUT2D eigenvalue weighted by Crippen LogP contribution is 2.19. The summed E-state index contributed by atoms with van der Waals surface area (Å²) in [5.41, 5.74) is 2.28. The van der Waals surface area contributed by atoms with E-state index in [-0.39, 0.29) is 10.8 Å². The average Bonchev–Trinajstić information content (AvgIpc) is 3.40. The van der Waals surface area contributed by atoms with Crippen LogP contribution in [-0.4, -0.2) is 50.5 Å². The van der Waals surface area contributed by atoms with Gasteiger partial charge in [0.25, 0.3) is 0 Å². The average molecular weight is 456 g/mol. The molecular weight excluding hydrogens is 426 g/mol. The Morgan fingerprint density at radius 2 is 1.88 bits per heavy atom. The van der Waals surface area contributed by atoms with Crippen molar-refractivity contribution in [3.05, 3.63) is 60.3 Å². The molecule has 170 valence electrons. The number of carbonyl (C=O) groups excluding carboxylic acids is 1. The molecule has 1 saturated heterocycles. The van der Waals surface area contributed by atoms with E-state index in [1.165, 1.54) is 10.9 Å². The number of ether oxygens (including phenoxy) is 1. The summed E-state index contributed by atoms with van der Waals surface area (Å²) in [5, 5.41) is 1.18. The third-order valence-electron chi connectivity index (χ3n) is 5.74. The number of fused-ring (bicyclic) bond motifs is 1. The smallest absolute Gasteiger partial charge is 0.240 e. The van der Waals surface area contributed by atoms with Gasteiger partial charge in [0.1, 0.15) is 5.75 Å². The summed E-state index contributed by atoms with van der Waals surface area (Å²) >= 11 is 0. The predicted octanol–water partition coefficient (Wildman–Crippen LogP) is 3.47. The van der Waals surface area contributed by atoms with Crippen molar-refractivity contribution in [2.24, 2.45) is 0 Å². The van der Waals surface area contributed by atoms with Gasteiger partial charge in [-0.15, -0.1) is 0 Å². The van der Waals surface area contributed by atoms with Gasteiger partial charge in [0, 0.05) is 43.2 Å². The van der Waals surface area contributed by atoms with Crippen molar-refractivity contribution in [2.45, 2.75) is 37.0 Å². The summed E-state index contributed by atoms with van der Waals surface area (Å²) in [6.45, 7) is 2.39. The van der Waals surface area contributed by atoms with E-state index >= 15 is 0 Å². The second-order valence-electron chi connectivity index (χ2n) is 8.02. The number of benzene rings is 2. The molecule has 0 radical (unpaired) electrons. The van der Waals surface area contributed by atoms with Crippen LogP contribution < -0.4 is 9.46 Å². The standard InChI is InChI=1S/C24H29N3O4S/c28-24-9-4-15-27(24)16-5-17-31-20-10-12-21(13-11-20)32(29,30)26-14-3-6-19-18-25-23-8-2-1-7-22(19)23/h1-2,7-8,10-13,18,25-26H,3-6,9,14-17H2. The monoisotopic (exact) mass is 455 g/mol. The fourth-order valence-corrected chi connectivity index (χ4v) is 5.08. The minimum absolute atomic E-state index is 0.216. The maximum absolute atomic E-state index is 12.6. The molecule has 1 aliphatic rings. The van der Waals surface area contributed by atoms with E-state index in [0.717, 1.165) is 31.3 Å². The normalized spacial score (nSPS) is 14.4. The maximum atomic E-state index is 12.6. The molecule has 0 bridgehead atoms. The van der Waals surface area contributed by atoms with E-state index < -0.39 is 10.0 Å². The Kier molecular flexibility index (Phi) is 7.12. The first-order valence-electron chi connectivity index (χ1n) is 11.1. The molecule has 4 rings (SSSR count). The summed E-state index contributed by atoms with van der Waals surface area (Å²) in [6.07, 6.45) is 5.83. The molecule has 7 nitrogen and oxygen atoms in total. The number of hydrogen-bond acceptors (Lipinski definition) is 4. The summed E-state index contributed by atoms with van der Waals surface area (Å²) in [6, 6.07) is 14.5. The highest BCUT2D eigenvalue weighted by atomic mass is 32.2. The molecule has 32 heavy (non-hydrogen) atoms. The Balaban J connectivity index is 1.20. The van der Waals surface area contributed by atoms with Crippen LogP contribution in [0.5, 0.6) is 5.75 Å². The SMILES string of the molecule is O=C1CCCN1CCCOc1ccc(S(=O)(=O)NCCCc2c[nH]c3ccccc23)cc1. The number of likely N-dealkylation sites (tertiary alicyclic amines) is 1. The van der Waals surface area contributed by atoms with E-state index in [1.54, 1.807) is 24.3 Å². The molecule has 3 aromatic rings. The maximum Gasteiger partial charge on any atom is 0.240 e. The molecule has 1 fully saturated rings. The van der Waals surface area contributed by atoms with Crippen LogP contribution in [0.2, 0.25) is 0 Å². The number of para-hydroxylation sites is 1. The predicted molar refractivity (Wildman–Crippen MR) is 124 cm³/mol. The van der Waals surface area contributed by atoms with Crippen LogP contribution in [0.15, 0.2) is 59.6 Å². The van der Waals surface area contributed by atoms with Gasteiger partial charge in [0.15, 0.2) is 0 Å². The first kappa shape index (κ1) is 22.4. The molecule has 8 heteroatoms. The van der Waals surface area contributed by atoms with Gasteiger partial charge in [-0.2, -0.15) is 0 Å². The van der Waals surface area contributed by atoms with Crippen molar-refractivity contribution in [3.63, 3.8) is 0 Å². The number of nitrogens with zero attached hydrogens (tertiary/aromatic N) is 1. The fraction of sp³-hybridized carbons (Fsp3) is 0.375. The molecule has 2 heterocycles. The van der Waals surface area contributed by atoms with Crippen LogP contribution in [-0.2, 0) is 21.2 Å². The minimum atomic E-state index is -3.56. The Bertz CT molecular complexity index is 1160. The van der Waals surface area contributed by atoms with E-state index in [9.17, 15) is 13.2 Å². The van der Waals surface area contributed by atoms with Crippen LogP contribution in [0.3, 0.4) is 0 Å². The van der Waals surface area contributed by atoms with Crippen LogP contribution >= 0.6 is 0 Å². The highest BCUT2D eigenvalue weighted by Gasteiger charge is 2.19. The van der Waals surface area contributed by atoms with Crippen molar-refractivity contribution in [1.82, 2.24) is 14.6 Å². The largest absolute Gasteiger partial charge is 0.494 e.